The van der Waals surface area contributed by atoms with E-state index in [1.165, 1.54) is 25.8 Å². The van der Waals surface area contributed by atoms with Crippen LogP contribution >= 0.6 is 22.7 Å². The van der Waals surface area contributed by atoms with Crippen LogP contribution in [0.1, 0.15) is 28.4 Å². The van der Waals surface area contributed by atoms with E-state index in [1.54, 1.807) is 11.3 Å². The van der Waals surface area contributed by atoms with Crippen LogP contribution in [-0.4, -0.2) is 6.29 Å². The number of rotatable bonds is 4. The van der Waals surface area contributed by atoms with Crippen molar-refractivity contribution in [3.8, 4) is 20.2 Å². The molecule has 0 spiro atoms. The molecule has 1 nitrogen and oxygen atoms in total. The van der Waals surface area contributed by atoms with Gasteiger partial charge in [0.25, 0.3) is 0 Å². The molecular formula is C18H16OS2. The highest BCUT2D eigenvalue weighted by molar-refractivity contribution is 7.23. The zero-order valence-electron chi connectivity index (χ0n) is 12.1. The molecule has 2 heterocycles. The molecule has 0 aliphatic rings. The lowest BCUT2D eigenvalue weighted by atomic mass is 9.95. The standard InChI is InChI=1S/C18H16OS2/c1-3-14-12(2)15(7-6-13(14)11-19)16-8-9-18(21-16)17-5-4-10-20-17/h4-11H,3H2,1-2H3. The molecule has 0 saturated heterocycles. The van der Waals surface area contributed by atoms with Gasteiger partial charge in [0.1, 0.15) is 6.29 Å². The zero-order valence-corrected chi connectivity index (χ0v) is 13.7. The van der Waals surface area contributed by atoms with E-state index in [0.29, 0.717) is 0 Å². The molecule has 0 fully saturated rings. The van der Waals surface area contributed by atoms with Crippen LogP contribution in [0.4, 0.5) is 0 Å². The normalized spacial score (nSPS) is 10.8. The highest BCUT2D eigenvalue weighted by Crippen LogP contribution is 2.38. The van der Waals surface area contributed by atoms with Crippen LogP contribution < -0.4 is 0 Å². The van der Waals surface area contributed by atoms with E-state index in [0.717, 1.165) is 23.8 Å². The maximum atomic E-state index is 11.1. The Kier molecular flexibility index (Phi) is 4.04. The van der Waals surface area contributed by atoms with E-state index in [9.17, 15) is 4.79 Å². The van der Waals surface area contributed by atoms with Crippen LogP contribution in [0, 0.1) is 6.92 Å². The van der Waals surface area contributed by atoms with Crippen LogP contribution in [0.5, 0.6) is 0 Å². The Morgan fingerprint density at radius 1 is 1.05 bits per heavy atom. The Balaban J connectivity index is 2.07. The Hall–Kier alpha value is -1.71. The molecule has 0 N–H and O–H groups in total. The SMILES string of the molecule is CCc1c(C=O)ccc(-c2ccc(-c3cccs3)s2)c1C. The lowest BCUT2D eigenvalue weighted by molar-refractivity contribution is 0.112. The molecular weight excluding hydrogens is 296 g/mol. The van der Waals surface area contributed by atoms with Gasteiger partial charge in [0, 0.05) is 20.2 Å². The average Bonchev–Trinajstić information content (AvgIpc) is 3.17. The number of benzene rings is 1. The number of hydrogen-bond donors (Lipinski definition) is 0. The number of hydrogen-bond acceptors (Lipinski definition) is 3. The quantitative estimate of drug-likeness (QED) is 0.554. The van der Waals surface area contributed by atoms with Gasteiger partial charge in [0.05, 0.1) is 0 Å². The summed E-state index contributed by atoms with van der Waals surface area (Å²) in [5, 5.41) is 2.11. The van der Waals surface area contributed by atoms with Gasteiger partial charge in [-0.25, -0.2) is 0 Å². The molecule has 21 heavy (non-hydrogen) atoms. The summed E-state index contributed by atoms with van der Waals surface area (Å²) < 4.78 is 0. The molecule has 0 aliphatic heterocycles. The monoisotopic (exact) mass is 312 g/mol. The lowest BCUT2D eigenvalue weighted by Gasteiger charge is -2.11. The van der Waals surface area contributed by atoms with Crippen molar-refractivity contribution >= 4 is 29.0 Å². The first-order valence-corrected chi connectivity index (χ1v) is 8.66. The van der Waals surface area contributed by atoms with Gasteiger partial charge in [-0.2, -0.15) is 0 Å². The predicted octanol–water partition coefficient (Wildman–Crippen LogP) is 5.83. The summed E-state index contributed by atoms with van der Waals surface area (Å²) in [6.45, 7) is 4.22. The third kappa shape index (κ3) is 2.59. The molecule has 0 unspecified atom stereocenters. The maximum Gasteiger partial charge on any atom is 0.150 e. The summed E-state index contributed by atoms with van der Waals surface area (Å²) in [5.41, 5.74) is 4.44. The summed E-state index contributed by atoms with van der Waals surface area (Å²) >= 11 is 3.58. The number of carbonyl (C=O) groups is 1. The van der Waals surface area contributed by atoms with Crippen LogP contribution in [0.15, 0.2) is 41.8 Å². The van der Waals surface area contributed by atoms with Crippen molar-refractivity contribution in [3.63, 3.8) is 0 Å². The first-order valence-electron chi connectivity index (χ1n) is 6.96. The van der Waals surface area contributed by atoms with Gasteiger partial charge in [-0.15, -0.1) is 22.7 Å². The summed E-state index contributed by atoms with van der Waals surface area (Å²) in [7, 11) is 0. The fourth-order valence-electron chi connectivity index (χ4n) is 2.66. The Morgan fingerprint density at radius 3 is 2.52 bits per heavy atom. The second-order valence-corrected chi connectivity index (χ2v) is 6.95. The molecule has 3 aromatic rings. The minimum atomic E-state index is 0.814. The smallest absolute Gasteiger partial charge is 0.150 e. The average molecular weight is 312 g/mol. The van der Waals surface area contributed by atoms with E-state index in [1.807, 2.05) is 17.4 Å². The van der Waals surface area contributed by atoms with Crippen molar-refractivity contribution in [2.75, 3.05) is 0 Å². The highest BCUT2D eigenvalue weighted by Gasteiger charge is 2.12. The van der Waals surface area contributed by atoms with E-state index in [4.69, 9.17) is 0 Å². The number of aldehydes is 1. The first kappa shape index (κ1) is 14.2. The van der Waals surface area contributed by atoms with Crippen molar-refractivity contribution < 1.29 is 4.79 Å². The third-order valence-electron chi connectivity index (χ3n) is 3.75. The lowest BCUT2D eigenvalue weighted by Crippen LogP contribution is -1.96. The second kappa shape index (κ2) is 5.96. The molecule has 0 bridgehead atoms. The molecule has 1 aromatic carbocycles. The second-order valence-electron chi connectivity index (χ2n) is 4.92. The van der Waals surface area contributed by atoms with Crippen molar-refractivity contribution in [1.82, 2.24) is 0 Å². The van der Waals surface area contributed by atoms with Crippen LogP contribution in [-0.2, 0) is 6.42 Å². The molecule has 106 valence electrons. The van der Waals surface area contributed by atoms with Gasteiger partial charge in [0.15, 0.2) is 0 Å². The van der Waals surface area contributed by atoms with Crippen molar-refractivity contribution in [3.05, 3.63) is 58.5 Å². The van der Waals surface area contributed by atoms with Crippen molar-refractivity contribution in [2.45, 2.75) is 20.3 Å². The largest absolute Gasteiger partial charge is 0.298 e. The van der Waals surface area contributed by atoms with Gasteiger partial charge in [-0.3, -0.25) is 4.79 Å². The van der Waals surface area contributed by atoms with Gasteiger partial charge in [0.2, 0.25) is 0 Å². The molecule has 0 saturated carbocycles. The van der Waals surface area contributed by atoms with Gasteiger partial charge in [-0.05, 0) is 53.6 Å². The maximum absolute atomic E-state index is 11.1. The molecule has 2 aromatic heterocycles. The van der Waals surface area contributed by atoms with Gasteiger partial charge < -0.3 is 0 Å². The van der Waals surface area contributed by atoms with E-state index < -0.39 is 0 Å². The van der Waals surface area contributed by atoms with E-state index in [-0.39, 0.29) is 0 Å². The fraction of sp³-hybridized carbons (Fsp3) is 0.167. The zero-order chi connectivity index (χ0) is 14.8. The number of carbonyl (C=O) groups excluding carboxylic acids is 1. The summed E-state index contributed by atoms with van der Waals surface area (Å²) in [5.74, 6) is 0. The minimum absolute atomic E-state index is 0.814. The van der Waals surface area contributed by atoms with Gasteiger partial charge in [-0.1, -0.05) is 25.1 Å². The minimum Gasteiger partial charge on any atom is -0.298 e. The molecule has 0 aliphatic carbocycles. The topological polar surface area (TPSA) is 17.1 Å². The van der Waals surface area contributed by atoms with Crippen LogP contribution in [0.3, 0.4) is 0 Å². The Morgan fingerprint density at radius 2 is 1.86 bits per heavy atom. The molecule has 0 radical (unpaired) electrons. The Bertz CT molecular complexity index is 767. The third-order valence-corrected chi connectivity index (χ3v) is 5.93. The van der Waals surface area contributed by atoms with Crippen molar-refractivity contribution in [2.24, 2.45) is 0 Å². The highest BCUT2D eigenvalue weighted by atomic mass is 32.1. The van der Waals surface area contributed by atoms with Crippen LogP contribution in [0.25, 0.3) is 20.2 Å². The summed E-state index contributed by atoms with van der Waals surface area (Å²) in [6.07, 6.45) is 1.85. The predicted molar refractivity (Wildman–Crippen MR) is 92.6 cm³/mol. The van der Waals surface area contributed by atoms with E-state index >= 15 is 0 Å². The molecule has 3 rings (SSSR count). The number of thiophene rings is 2. The van der Waals surface area contributed by atoms with E-state index in [2.05, 4.69) is 49.6 Å². The first-order chi connectivity index (χ1) is 10.2. The fourth-order valence-corrected chi connectivity index (χ4v) is 4.58. The molecule has 0 atom stereocenters. The Labute approximate surface area is 132 Å². The molecule has 0 amide bonds. The summed E-state index contributed by atoms with van der Waals surface area (Å²) in [4.78, 5) is 15.0. The van der Waals surface area contributed by atoms with Gasteiger partial charge >= 0.3 is 0 Å². The van der Waals surface area contributed by atoms with Crippen molar-refractivity contribution in [1.29, 1.82) is 0 Å². The van der Waals surface area contributed by atoms with Crippen LogP contribution in [0.2, 0.25) is 0 Å². The molecule has 3 heteroatoms. The summed E-state index contributed by atoms with van der Waals surface area (Å²) in [6, 6.07) is 12.6.